The molecule has 0 aromatic carbocycles. The highest BCUT2D eigenvalue weighted by Crippen LogP contribution is 2.31. The molecule has 2 aliphatic heterocycles. The molecular formula is C19H25N5O. The summed E-state index contributed by atoms with van der Waals surface area (Å²) in [5.74, 6) is 0.114. The molecule has 0 radical (unpaired) electrons. The van der Waals surface area contributed by atoms with Gasteiger partial charge in [-0.05, 0) is 51.4 Å². The van der Waals surface area contributed by atoms with Gasteiger partial charge in [-0.3, -0.25) is 14.5 Å². The molecule has 4 rings (SSSR count). The van der Waals surface area contributed by atoms with E-state index in [1.807, 2.05) is 25.4 Å². The number of aryl methyl sites for hydroxylation is 1. The van der Waals surface area contributed by atoms with E-state index >= 15 is 0 Å². The van der Waals surface area contributed by atoms with Gasteiger partial charge >= 0.3 is 0 Å². The summed E-state index contributed by atoms with van der Waals surface area (Å²) in [6.45, 7) is 1.98. The monoisotopic (exact) mass is 339 g/mol. The Morgan fingerprint density at radius 3 is 2.52 bits per heavy atom. The van der Waals surface area contributed by atoms with Crippen LogP contribution in [-0.4, -0.2) is 62.7 Å². The predicted molar refractivity (Wildman–Crippen MR) is 96.1 cm³/mol. The fourth-order valence-corrected chi connectivity index (χ4v) is 4.39. The number of hydrogen-bond donors (Lipinski definition) is 0. The normalized spacial score (nSPS) is 24.2. The lowest BCUT2D eigenvalue weighted by Gasteiger charge is -2.33. The zero-order chi connectivity index (χ0) is 17.4. The number of amides is 1. The second-order valence-electron chi connectivity index (χ2n) is 7.20. The molecule has 1 amide bonds. The second kappa shape index (κ2) is 6.59. The molecular weight excluding hydrogens is 314 g/mol. The van der Waals surface area contributed by atoms with Crippen LogP contribution in [0.1, 0.15) is 36.0 Å². The first-order valence-electron chi connectivity index (χ1n) is 9.10. The van der Waals surface area contributed by atoms with Crippen LogP contribution in [0.25, 0.3) is 11.3 Å². The third-order valence-corrected chi connectivity index (χ3v) is 5.59. The van der Waals surface area contributed by atoms with Gasteiger partial charge < -0.3 is 9.80 Å². The number of carbonyl (C=O) groups excluding carboxylic acids is 1. The minimum atomic E-state index is 0.114. The number of hydrogen-bond acceptors (Lipinski definition) is 4. The first-order chi connectivity index (χ1) is 12.1. The smallest absolute Gasteiger partial charge is 0.258 e. The van der Waals surface area contributed by atoms with E-state index < -0.39 is 0 Å². The Balaban J connectivity index is 1.65. The standard InChI is InChI=1S/C19H25N5O/c1-22-11-3-5-16(22)17-6-4-12-24(17)19(25)15-13-23(2)21-18(15)14-7-9-20-10-8-14/h7-10,13,16-17H,3-6,11-12H2,1-2H3/t16-,17+/m0/s1. The fraction of sp³-hybridized carbons (Fsp3) is 0.526. The summed E-state index contributed by atoms with van der Waals surface area (Å²) < 4.78 is 1.73. The van der Waals surface area contributed by atoms with Crippen LogP contribution in [0, 0.1) is 0 Å². The maximum absolute atomic E-state index is 13.4. The van der Waals surface area contributed by atoms with Crippen LogP contribution >= 0.6 is 0 Å². The van der Waals surface area contributed by atoms with Crippen molar-refractivity contribution in [3.05, 3.63) is 36.3 Å². The Hall–Kier alpha value is -2.21. The minimum Gasteiger partial charge on any atom is -0.334 e. The van der Waals surface area contributed by atoms with Gasteiger partial charge in [0.25, 0.3) is 5.91 Å². The molecule has 6 heteroatoms. The summed E-state index contributed by atoms with van der Waals surface area (Å²) >= 11 is 0. The van der Waals surface area contributed by atoms with Crippen molar-refractivity contribution in [2.75, 3.05) is 20.1 Å². The fourth-order valence-electron chi connectivity index (χ4n) is 4.39. The van der Waals surface area contributed by atoms with Gasteiger partial charge in [0.2, 0.25) is 0 Å². The largest absolute Gasteiger partial charge is 0.334 e. The highest BCUT2D eigenvalue weighted by Gasteiger charge is 2.39. The van der Waals surface area contributed by atoms with Crippen molar-refractivity contribution >= 4 is 5.91 Å². The second-order valence-corrected chi connectivity index (χ2v) is 7.20. The van der Waals surface area contributed by atoms with Gasteiger partial charge in [-0.15, -0.1) is 0 Å². The zero-order valence-electron chi connectivity index (χ0n) is 14.9. The number of aromatic nitrogens is 3. The number of nitrogens with zero attached hydrogens (tertiary/aromatic N) is 5. The van der Waals surface area contributed by atoms with Crippen molar-refractivity contribution in [1.82, 2.24) is 24.6 Å². The molecule has 4 heterocycles. The van der Waals surface area contributed by atoms with E-state index in [0.717, 1.165) is 37.2 Å². The molecule has 6 nitrogen and oxygen atoms in total. The Morgan fingerprint density at radius 2 is 1.80 bits per heavy atom. The molecule has 0 spiro atoms. The molecule has 0 saturated carbocycles. The lowest BCUT2D eigenvalue weighted by molar-refractivity contribution is 0.0665. The number of likely N-dealkylation sites (N-methyl/N-ethyl adjacent to an activating group) is 1. The van der Waals surface area contributed by atoms with Crippen LogP contribution in [0.3, 0.4) is 0 Å². The maximum atomic E-state index is 13.4. The zero-order valence-corrected chi connectivity index (χ0v) is 14.9. The van der Waals surface area contributed by atoms with E-state index in [2.05, 4.69) is 26.9 Å². The molecule has 132 valence electrons. The lowest BCUT2D eigenvalue weighted by Crippen LogP contribution is -2.47. The lowest BCUT2D eigenvalue weighted by atomic mass is 10.0. The van der Waals surface area contributed by atoms with Gasteiger partial charge in [-0.1, -0.05) is 0 Å². The Bertz CT molecular complexity index is 756. The van der Waals surface area contributed by atoms with Crippen LogP contribution in [0.2, 0.25) is 0 Å². The third kappa shape index (κ3) is 2.95. The van der Waals surface area contributed by atoms with Crippen molar-refractivity contribution < 1.29 is 4.79 Å². The first kappa shape index (κ1) is 16.3. The predicted octanol–water partition coefficient (Wildman–Crippen LogP) is 2.18. The maximum Gasteiger partial charge on any atom is 0.258 e. The van der Waals surface area contributed by atoms with Gasteiger partial charge in [0.05, 0.1) is 5.56 Å². The van der Waals surface area contributed by atoms with E-state index in [1.54, 1.807) is 17.1 Å². The number of likely N-dealkylation sites (tertiary alicyclic amines) is 2. The molecule has 0 N–H and O–H groups in total. The van der Waals surface area contributed by atoms with Gasteiger partial charge in [0.1, 0.15) is 5.69 Å². The molecule has 2 aliphatic rings. The number of pyridine rings is 1. The average molecular weight is 339 g/mol. The van der Waals surface area contributed by atoms with Crippen molar-refractivity contribution in [2.24, 2.45) is 7.05 Å². The summed E-state index contributed by atoms with van der Waals surface area (Å²) in [5, 5.41) is 4.54. The quantitative estimate of drug-likeness (QED) is 0.860. The van der Waals surface area contributed by atoms with Crippen molar-refractivity contribution in [3.8, 4) is 11.3 Å². The summed E-state index contributed by atoms with van der Waals surface area (Å²) in [6.07, 6.45) is 9.95. The molecule has 2 aromatic rings. The summed E-state index contributed by atoms with van der Waals surface area (Å²) in [6, 6.07) is 4.63. The van der Waals surface area contributed by atoms with Crippen LogP contribution in [0.5, 0.6) is 0 Å². The molecule has 25 heavy (non-hydrogen) atoms. The summed E-state index contributed by atoms with van der Waals surface area (Å²) in [5.41, 5.74) is 2.38. The molecule has 2 atom stereocenters. The van der Waals surface area contributed by atoms with E-state index in [4.69, 9.17) is 0 Å². The molecule has 0 unspecified atom stereocenters. The molecule has 0 aliphatic carbocycles. The molecule has 2 saturated heterocycles. The highest BCUT2D eigenvalue weighted by molar-refractivity contribution is 6.00. The minimum absolute atomic E-state index is 0.114. The van der Waals surface area contributed by atoms with Gasteiger partial charge in [0.15, 0.2) is 0 Å². The number of rotatable bonds is 3. The summed E-state index contributed by atoms with van der Waals surface area (Å²) in [4.78, 5) is 21.9. The molecule has 2 fully saturated rings. The topological polar surface area (TPSA) is 54.3 Å². The van der Waals surface area contributed by atoms with Crippen LogP contribution in [0.4, 0.5) is 0 Å². The van der Waals surface area contributed by atoms with Crippen molar-refractivity contribution in [3.63, 3.8) is 0 Å². The van der Waals surface area contributed by atoms with Crippen LogP contribution in [-0.2, 0) is 7.05 Å². The Kier molecular flexibility index (Phi) is 4.29. The Morgan fingerprint density at radius 1 is 1.08 bits per heavy atom. The van der Waals surface area contributed by atoms with Crippen LogP contribution < -0.4 is 0 Å². The Labute approximate surface area is 148 Å². The highest BCUT2D eigenvalue weighted by atomic mass is 16.2. The van der Waals surface area contributed by atoms with E-state index in [-0.39, 0.29) is 5.91 Å². The number of carbonyl (C=O) groups is 1. The van der Waals surface area contributed by atoms with E-state index in [0.29, 0.717) is 17.6 Å². The van der Waals surface area contributed by atoms with E-state index in [9.17, 15) is 4.79 Å². The third-order valence-electron chi connectivity index (χ3n) is 5.59. The summed E-state index contributed by atoms with van der Waals surface area (Å²) in [7, 11) is 4.05. The molecule has 0 bridgehead atoms. The van der Waals surface area contributed by atoms with Gasteiger partial charge in [-0.2, -0.15) is 5.10 Å². The van der Waals surface area contributed by atoms with Crippen LogP contribution in [0.15, 0.2) is 30.7 Å². The SMILES string of the molecule is CN1CCC[C@H]1[C@H]1CCCN1C(=O)c1cn(C)nc1-c1ccncc1. The van der Waals surface area contributed by atoms with Gasteiger partial charge in [-0.25, -0.2) is 0 Å². The van der Waals surface area contributed by atoms with Crippen molar-refractivity contribution in [1.29, 1.82) is 0 Å². The molecule has 2 aromatic heterocycles. The van der Waals surface area contributed by atoms with Gasteiger partial charge in [0, 0.05) is 49.8 Å². The van der Waals surface area contributed by atoms with Crippen molar-refractivity contribution in [2.45, 2.75) is 37.8 Å². The average Bonchev–Trinajstić information content (AvgIpc) is 3.34. The van der Waals surface area contributed by atoms with E-state index in [1.165, 1.54) is 12.8 Å². The first-order valence-corrected chi connectivity index (χ1v) is 9.10.